The van der Waals surface area contributed by atoms with Gasteiger partial charge in [-0.15, -0.1) is 0 Å². The van der Waals surface area contributed by atoms with Gasteiger partial charge in [-0.2, -0.15) is 4.98 Å². The Morgan fingerprint density at radius 1 is 1.00 bits per heavy atom. The Balaban J connectivity index is 1.60. The van der Waals surface area contributed by atoms with Crippen LogP contribution >= 0.6 is 0 Å². The molecule has 0 aliphatic carbocycles. The van der Waals surface area contributed by atoms with Crippen LogP contribution in [-0.2, 0) is 0 Å². The molecule has 8 heteroatoms. The van der Waals surface area contributed by atoms with Gasteiger partial charge in [-0.1, -0.05) is 23.4 Å². The molecule has 0 radical (unpaired) electrons. The van der Waals surface area contributed by atoms with Gasteiger partial charge in [0.2, 0.25) is 5.82 Å². The molecule has 0 bridgehead atoms. The van der Waals surface area contributed by atoms with Crippen LogP contribution in [0.5, 0.6) is 0 Å². The Labute approximate surface area is 163 Å². The Kier molecular flexibility index (Phi) is 3.73. The predicted molar refractivity (Wildman–Crippen MR) is 110 cm³/mol. The molecule has 0 atom stereocenters. The van der Waals surface area contributed by atoms with Crippen LogP contribution < -0.4 is 11.1 Å². The highest BCUT2D eigenvalue weighted by molar-refractivity contribution is 5.85. The Hall–Kier alpha value is -3.94. The first kappa shape index (κ1) is 17.2. The van der Waals surface area contributed by atoms with Gasteiger partial charge in [0.25, 0.3) is 5.89 Å². The third-order valence-electron chi connectivity index (χ3n) is 4.88. The number of fused-ring (bicyclic) bond motifs is 2. The smallest absolute Gasteiger partial charge is 0.316 e. The number of aromatic amines is 2. The maximum Gasteiger partial charge on any atom is 0.316 e. The molecule has 0 saturated carbocycles. The Morgan fingerprint density at radius 2 is 1.83 bits per heavy atom. The molecule has 0 saturated heterocycles. The zero-order chi connectivity index (χ0) is 20.1. The van der Waals surface area contributed by atoms with E-state index in [0.717, 1.165) is 16.6 Å². The minimum Gasteiger partial charge on any atom is -0.351 e. The van der Waals surface area contributed by atoms with Crippen LogP contribution in [0, 0.1) is 0 Å². The van der Waals surface area contributed by atoms with Gasteiger partial charge in [-0.05, 0) is 44.2 Å². The fourth-order valence-electron chi connectivity index (χ4n) is 3.53. The van der Waals surface area contributed by atoms with Crippen molar-refractivity contribution >= 4 is 21.9 Å². The number of nitrogens with zero attached hydrogens (tertiary/aromatic N) is 3. The topological polar surface area (TPSA) is 110 Å². The van der Waals surface area contributed by atoms with Crippen LogP contribution in [0.1, 0.15) is 19.9 Å². The van der Waals surface area contributed by atoms with E-state index in [1.165, 1.54) is 4.57 Å². The number of rotatable bonds is 3. The highest BCUT2D eigenvalue weighted by atomic mass is 16.5. The van der Waals surface area contributed by atoms with Crippen molar-refractivity contribution in [2.24, 2.45) is 0 Å². The summed E-state index contributed by atoms with van der Waals surface area (Å²) in [6.07, 6.45) is 0. The summed E-state index contributed by atoms with van der Waals surface area (Å²) in [7, 11) is 0. The summed E-state index contributed by atoms with van der Waals surface area (Å²) in [5.41, 5.74) is 2.35. The summed E-state index contributed by atoms with van der Waals surface area (Å²) in [6, 6.07) is 15.0. The lowest BCUT2D eigenvalue weighted by molar-refractivity contribution is 0.431. The van der Waals surface area contributed by atoms with Gasteiger partial charge in [0.15, 0.2) is 0 Å². The van der Waals surface area contributed by atoms with Crippen LogP contribution in [-0.4, -0.2) is 24.7 Å². The number of benzene rings is 2. The van der Waals surface area contributed by atoms with Gasteiger partial charge < -0.3 is 14.5 Å². The highest BCUT2D eigenvalue weighted by Gasteiger charge is 2.15. The number of para-hydroxylation sites is 1. The molecule has 3 heterocycles. The van der Waals surface area contributed by atoms with Crippen LogP contribution in [0.15, 0.2) is 62.6 Å². The standard InChI is InChI=1S/C21H17N5O3/c1-11(2)26-17-8-7-13(10-15(17)23-19(27)21(26)28)18-24-20(29-25-18)16-9-12-5-3-4-6-14(12)22-16/h3-11,22H,1-2H3,(H,23,27). The average Bonchev–Trinajstić information content (AvgIpc) is 3.35. The fourth-order valence-corrected chi connectivity index (χ4v) is 3.53. The van der Waals surface area contributed by atoms with E-state index in [-0.39, 0.29) is 6.04 Å². The first-order valence-electron chi connectivity index (χ1n) is 9.22. The molecular weight excluding hydrogens is 370 g/mol. The van der Waals surface area contributed by atoms with Crippen molar-refractivity contribution in [3.63, 3.8) is 0 Å². The largest absolute Gasteiger partial charge is 0.351 e. The zero-order valence-corrected chi connectivity index (χ0v) is 15.8. The fraction of sp³-hybridized carbons (Fsp3) is 0.143. The molecular formula is C21H17N5O3. The predicted octanol–water partition coefficient (Wildman–Crippen LogP) is 3.47. The number of nitrogens with one attached hydrogen (secondary N) is 2. The van der Waals surface area contributed by atoms with Crippen LogP contribution in [0.25, 0.3) is 44.9 Å². The lowest BCUT2D eigenvalue weighted by atomic mass is 10.1. The number of H-pyrrole nitrogens is 2. The molecule has 0 spiro atoms. The summed E-state index contributed by atoms with van der Waals surface area (Å²) in [6.45, 7) is 3.72. The van der Waals surface area contributed by atoms with Crippen molar-refractivity contribution in [3.05, 3.63) is 69.2 Å². The van der Waals surface area contributed by atoms with E-state index in [1.54, 1.807) is 18.2 Å². The summed E-state index contributed by atoms with van der Waals surface area (Å²) >= 11 is 0. The number of aromatic nitrogens is 5. The summed E-state index contributed by atoms with van der Waals surface area (Å²) in [5.74, 6) is 0.764. The van der Waals surface area contributed by atoms with Gasteiger partial charge in [0.05, 0.1) is 11.0 Å². The summed E-state index contributed by atoms with van der Waals surface area (Å²) in [5, 5.41) is 5.12. The molecule has 144 valence electrons. The number of hydrogen-bond acceptors (Lipinski definition) is 5. The van der Waals surface area contributed by atoms with E-state index < -0.39 is 11.1 Å². The third kappa shape index (κ3) is 2.77. The zero-order valence-electron chi connectivity index (χ0n) is 15.8. The van der Waals surface area contributed by atoms with Crippen LogP contribution in [0.4, 0.5) is 0 Å². The average molecular weight is 387 g/mol. The van der Waals surface area contributed by atoms with Crippen molar-refractivity contribution in [1.29, 1.82) is 0 Å². The second-order valence-electron chi connectivity index (χ2n) is 7.15. The lowest BCUT2D eigenvalue weighted by Crippen LogP contribution is -2.37. The maximum atomic E-state index is 12.2. The van der Waals surface area contributed by atoms with E-state index in [2.05, 4.69) is 20.1 Å². The van der Waals surface area contributed by atoms with Crippen molar-refractivity contribution in [2.75, 3.05) is 0 Å². The monoisotopic (exact) mass is 387 g/mol. The molecule has 2 N–H and O–H groups in total. The molecule has 29 heavy (non-hydrogen) atoms. The minimum atomic E-state index is -0.657. The van der Waals surface area contributed by atoms with Crippen molar-refractivity contribution in [3.8, 4) is 23.0 Å². The van der Waals surface area contributed by atoms with Crippen molar-refractivity contribution in [2.45, 2.75) is 19.9 Å². The Morgan fingerprint density at radius 3 is 2.62 bits per heavy atom. The van der Waals surface area contributed by atoms with Gasteiger partial charge in [0, 0.05) is 22.5 Å². The highest BCUT2D eigenvalue weighted by Crippen LogP contribution is 2.26. The van der Waals surface area contributed by atoms with Gasteiger partial charge in [0.1, 0.15) is 5.69 Å². The summed E-state index contributed by atoms with van der Waals surface area (Å²) < 4.78 is 6.91. The van der Waals surface area contributed by atoms with Gasteiger partial charge in [-0.3, -0.25) is 14.2 Å². The Bertz CT molecular complexity index is 1450. The molecule has 5 aromatic rings. The van der Waals surface area contributed by atoms with E-state index in [4.69, 9.17) is 4.52 Å². The normalized spacial score (nSPS) is 11.7. The molecule has 3 aromatic heterocycles. The van der Waals surface area contributed by atoms with Gasteiger partial charge >= 0.3 is 11.1 Å². The SMILES string of the molecule is CC(C)n1c(=O)c(=O)[nH]c2cc(-c3noc(-c4cc5ccccc5[nH]4)n3)ccc21. The van der Waals surface area contributed by atoms with E-state index in [0.29, 0.717) is 28.3 Å². The first-order valence-corrected chi connectivity index (χ1v) is 9.22. The molecule has 0 aliphatic rings. The molecule has 0 unspecified atom stereocenters. The second kappa shape index (κ2) is 6.30. The second-order valence-corrected chi connectivity index (χ2v) is 7.15. The van der Waals surface area contributed by atoms with Crippen molar-refractivity contribution < 1.29 is 4.52 Å². The molecule has 8 nitrogen and oxygen atoms in total. The van der Waals surface area contributed by atoms with Crippen LogP contribution in [0.2, 0.25) is 0 Å². The molecule has 0 aliphatic heterocycles. The molecule has 0 amide bonds. The van der Waals surface area contributed by atoms with Crippen LogP contribution in [0.3, 0.4) is 0 Å². The van der Waals surface area contributed by atoms with E-state index in [9.17, 15) is 9.59 Å². The number of hydrogen-bond donors (Lipinski definition) is 2. The lowest BCUT2D eigenvalue weighted by Gasteiger charge is -2.13. The van der Waals surface area contributed by atoms with E-state index in [1.807, 2.05) is 44.2 Å². The van der Waals surface area contributed by atoms with E-state index >= 15 is 0 Å². The third-order valence-corrected chi connectivity index (χ3v) is 4.88. The molecule has 2 aromatic carbocycles. The minimum absolute atomic E-state index is 0.142. The molecule has 5 rings (SSSR count). The maximum absolute atomic E-state index is 12.2. The van der Waals surface area contributed by atoms with Gasteiger partial charge in [-0.25, -0.2) is 0 Å². The first-order chi connectivity index (χ1) is 14.0. The van der Waals surface area contributed by atoms with Crippen molar-refractivity contribution in [1.82, 2.24) is 24.7 Å². The quantitative estimate of drug-likeness (QED) is 0.461. The summed E-state index contributed by atoms with van der Waals surface area (Å²) in [4.78, 5) is 34.6. The molecule has 0 fully saturated rings.